The van der Waals surface area contributed by atoms with Gasteiger partial charge in [-0.15, -0.1) is 0 Å². The lowest BCUT2D eigenvalue weighted by Gasteiger charge is -2.17. The summed E-state index contributed by atoms with van der Waals surface area (Å²) in [6.45, 7) is 0.745. The molecule has 2 aromatic rings. The summed E-state index contributed by atoms with van der Waals surface area (Å²) in [6, 6.07) is 13.7. The smallest absolute Gasteiger partial charge is 0.160 e. The van der Waals surface area contributed by atoms with Crippen LogP contribution >= 0.6 is 0 Å². The first-order valence-electron chi connectivity index (χ1n) is 6.10. The molecule has 2 aromatic carbocycles. The van der Waals surface area contributed by atoms with Gasteiger partial charge in [0.15, 0.2) is 11.5 Å². The van der Waals surface area contributed by atoms with Crippen molar-refractivity contribution in [2.45, 2.75) is 5.92 Å². The van der Waals surface area contributed by atoms with Gasteiger partial charge in [0.25, 0.3) is 0 Å². The van der Waals surface area contributed by atoms with Crippen LogP contribution in [0.3, 0.4) is 0 Å². The second-order valence-electron chi connectivity index (χ2n) is 4.31. The maximum atomic E-state index is 9.61. The Kier molecular flexibility index (Phi) is 4.26. The van der Waals surface area contributed by atoms with Crippen LogP contribution in [0, 0.1) is 0 Å². The number of hydrogen-bond acceptors (Lipinski definition) is 4. The van der Waals surface area contributed by atoms with Gasteiger partial charge in [0, 0.05) is 12.5 Å². The van der Waals surface area contributed by atoms with E-state index in [9.17, 15) is 10.2 Å². The molecule has 100 valence electrons. The topological polar surface area (TPSA) is 75.7 Å². The van der Waals surface area contributed by atoms with Crippen LogP contribution in [0.25, 0.3) is 0 Å². The summed E-state index contributed by atoms with van der Waals surface area (Å²) in [6.07, 6.45) is 0. The van der Waals surface area contributed by atoms with E-state index < -0.39 is 0 Å². The lowest BCUT2D eigenvalue weighted by molar-refractivity contribution is 0.276. The van der Waals surface area contributed by atoms with Crippen molar-refractivity contribution in [3.05, 3.63) is 54.1 Å². The zero-order valence-corrected chi connectivity index (χ0v) is 10.5. The molecule has 0 saturated carbocycles. The monoisotopic (exact) mass is 259 g/mol. The molecule has 0 heterocycles. The number of phenolic OH excluding ortho intramolecular Hbond substituents is 2. The first-order chi connectivity index (χ1) is 9.20. The van der Waals surface area contributed by atoms with E-state index in [1.165, 1.54) is 0 Å². The van der Waals surface area contributed by atoms with Crippen LogP contribution in [0.5, 0.6) is 17.2 Å². The van der Waals surface area contributed by atoms with Crippen LogP contribution in [0.4, 0.5) is 0 Å². The van der Waals surface area contributed by atoms with Gasteiger partial charge in [-0.05, 0) is 29.8 Å². The maximum absolute atomic E-state index is 9.61. The Balaban J connectivity index is 2.06. The molecule has 0 amide bonds. The summed E-state index contributed by atoms with van der Waals surface area (Å²) < 4.78 is 5.57. The Bertz CT molecular complexity index is 542. The summed E-state index contributed by atoms with van der Waals surface area (Å²) in [5.74, 6) is 0.709. The standard InChI is InChI=1S/C15H17NO3/c16-9-12(11-4-3-5-13(17)8-11)10-19-15-7-2-1-6-14(15)18/h1-8,12,17-18H,9-10,16H2. The summed E-state index contributed by atoms with van der Waals surface area (Å²) in [5, 5.41) is 19.1. The average Bonchev–Trinajstić information content (AvgIpc) is 2.41. The third-order valence-electron chi connectivity index (χ3n) is 2.93. The molecule has 2 rings (SSSR count). The molecule has 0 aliphatic heterocycles. The first kappa shape index (κ1) is 13.2. The average molecular weight is 259 g/mol. The molecule has 0 spiro atoms. The van der Waals surface area contributed by atoms with Crippen LogP contribution in [0.2, 0.25) is 0 Å². The van der Waals surface area contributed by atoms with Crippen molar-refractivity contribution < 1.29 is 14.9 Å². The second-order valence-corrected chi connectivity index (χ2v) is 4.31. The number of benzene rings is 2. The van der Waals surface area contributed by atoms with Gasteiger partial charge in [-0.3, -0.25) is 0 Å². The summed E-state index contributed by atoms with van der Waals surface area (Å²) in [7, 11) is 0. The molecule has 19 heavy (non-hydrogen) atoms. The van der Waals surface area contributed by atoms with E-state index in [1.54, 1.807) is 42.5 Å². The van der Waals surface area contributed by atoms with E-state index in [2.05, 4.69) is 0 Å². The first-order valence-corrected chi connectivity index (χ1v) is 6.10. The molecule has 0 radical (unpaired) electrons. The summed E-state index contributed by atoms with van der Waals surface area (Å²) in [4.78, 5) is 0. The van der Waals surface area contributed by atoms with Crippen LogP contribution in [0.15, 0.2) is 48.5 Å². The van der Waals surface area contributed by atoms with Crippen LogP contribution < -0.4 is 10.5 Å². The molecule has 1 atom stereocenters. The third kappa shape index (κ3) is 3.39. The Morgan fingerprint density at radius 1 is 1.05 bits per heavy atom. The lowest BCUT2D eigenvalue weighted by atomic mass is 10.00. The Morgan fingerprint density at radius 2 is 1.84 bits per heavy atom. The van der Waals surface area contributed by atoms with Crippen LogP contribution in [-0.2, 0) is 0 Å². The maximum Gasteiger partial charge on any atom is 0.160 e. The molecular weight excluding hydrogens is 242 g/mol. The quantitative estimate of drug-likeness (QED) is 0.769. The van der Waals surface area contributed by atoms with E-state index in [1.807, 2.05) is 6.07 Å². The Labute approximate surface area is 112 Å². The van der Waals surface area contributed by atoms with E-state index in [4.69, 9.17) is 10.5 Å². The van der Waals surface area contributed by atoms with Gasteiger partial charge in [-0.2, -0.15) is 0 Å². The highest BCUT2D eigenvalue weighted by atomic mass is 16.5. The Hall–Kier alpha value is -2.20. The summed E-state index contributed by atoms with van der Waals surface area (Å²) >= 11 is 0. The fourth-order valence-corrected chi connectivity index (χ4v) is 1.85. The molecule has 0 aliphatic carbocycles. The number of aromatic hydroxyl groups is 2. The van der Waals surface area contributed by atoms with E-state index >= 15 is 0 Å². The second kappa shape index (κ2) is 6.11. The molecule has 4 nitrogen and oxygen atoms in total. The zero-order chi connectivity index (χ0) is 13.7. The normalized spacial score (nSPS) is 12.1. The minimum absolute atomic E-state index is 0.0355. The van der Waals surface area contributed by atoms with Gasteiger partial charge in [-0.1, -0.05) is 24.3 Å². The largest absolute Gasteiger partial charge is 0.508 e. The van der Waals surface area contributed by atoms with Crippen molar-refractivity contribution in [2.75, 3.05) is 13.2 Å². The van der Waals surface area contributed by atoms with E-state index in [-0.39, 0.29) is 17.4 Å². The molecule has 1 unspecified atom stereocenters. The number of nitrogens with two attached hydrogens (primary N) is 1. The highest BCUT2D eigenvalue weighted by Crippen LogP contribution is 2.26. The van der Waals surface area contributed by atoms with E-state index in [0.29, 0.717) is 18.9 Å². The SMILES string of the molecule is NCC(COc1ccccc1O)c1cccc(O)c1. The van der Waals surface area contributed by atoms with Gasteiger partial charge in [-0.25, -0.2) is 0 Å². The highest BCUT2D eigenvalue weighted by molar-refractivity contribution is 5.38. The molecule has 4 heteroatoms. The van der Waals surface area contributed by atoms with Crippen molar-refractivity contribution in [2.24, 2.45) is 5.73 Å². The van der Waals surface area contributed by atoms with Crippen molar-refractivity contribution in [3.63, 3.8) is 0 Å². The minimum Gasteiger partial charge on any atom is -0.508 e. The van der Waals surface area contributed by atoms with Crippen LogP contribution in [0.1, 0.15) is 11.5 Å². The highest BCUT2D eigenvalue weighted by Gasteiger charge is 2.12. The number of hydrogen-bond donors (Lipinski definition) is 3. The number of ether oxygens (including phenoxy) is 1. The third-order valence-corrected chi connectivity index (χ3v) is 2.93. The molecule has 0 saturated heterocycles. The predicted molar refractivity (Wildman–Crippen MR) is 73.5 cm³/mol. The fraction of sp³-hybridized carbons (Fsp3) is 0.200. The molecule has 0 aliphatic rings. The minimum atomic E-state index is -0.0355. The summed E-state index contributed by atoms with van der Waals surface area (Å²) in [5.41, 5.74) is 6.65. The van der Waals surface area contributed by atoms with Gasteiger partial charge in [0.1, 0.15) is 5.75 Å². The number of phenols is 2. The van der Waals surface area contributed by atoms with Gasteiger partial charge >= 0.3 is 0 Å². The predicted octanol–water partition coefficient (Wildman–Crippen LogP) is 2.22. The molecule has 0 aromatic heterocycles. The van der Waals surface area contributed by atoms with Crippen LogP contribution in [-0.4, -0.2) is 23.4 Å². The number of para-hydroxylation sites is 2. The number of rotatable bonds is 5. The molecule has 0 bridgehead atoms. The molecule has 4 N–H and O–H groups in total. The van der Waals surface area contributed by atoms with Crippen molar-refractivity contribution in [1.29, 1.82) is 0 Å². The van der Waals surface area contributed by atoms with Crippen molar-refractivity contribution in [3.8, 4) is 17.2 Å². The van der Waals surface area contributed by atoms with Crippen molar-refractivity contribution in [1.82, 2.24) is 0 Å². The van der Waals surface area contributed by atoms with Gasteiger partial charge in [0.2, 0.25) is 0 Å². The fourth-order valence-electron chi connectivity index (χ4n) is 1.85. The zero-order valence-electron chi connectivity index (χ0n) is 10.5. The van der Waals surface area contributed by atoms with E-state index in [0.717, 1.165) is 5.56 Å². The lowest BCUT2D eigenvalue weighted by Crippen LogP contribution is -2.19. The molecular formula is C15H17NO3. The van der Waals surface area contributed by atoms with Gasteiger partial charge < -0.3 is 20.7 Å². The Morgan fingerprint density at radius 3 is 2.53 bits per heavy atom. The van der Waals surface area contributed by atoms with Crippen molar-refractivity contribution >= 4 is 0 Å². The van der Waals surface area contributed by atoms with Gasteiger partial charge in [0.05, 0.1) is 6.61 Å². The molecule has 0 fully saturated rings.